The van der Waals surface area contributed by atoms with Crippen molar-refractivity contribution < 1.29 is 10.2 Å². The predicted molar refractivity (Wildman–Crippen MR) is 47.9 cm³/mol. The number of nitrogens with zero attached hydrogens (tertiary/aromatic N) is 2. The van der Waals surface area contributed by atoms with Gasteiger partial charge in [0.2, 0.25) is 0 Å². The Kier molecular flexibility index (Phi) is 3.41. The molecule has 0 spiro atoms. The van der Waals surface area contributed by atoms with Crippen molar-refractivity contribution in [2.45, 2.75) is 25.6 Å². The summed E-state index contributed by atoms with van der Waals surface area (Å²) in [5.41, 5.74) is 6.13. The van der Waals surface area contributed by atoms with Crippen molar-refractivity contribution in [3.05, 3.63) is 18.0 Å². The first-order valence-electron chi connectivity index (χ1n) is 4.27. The molecule has 0 fully saturated rings. The topological polar surface area (TPSA) is 84.3 Å². The molecule has 0 aromatic carbocycles. The lowest BCUT2D eigenvalue weighted by Crippen LogP contribution is -2.33. The van der Waals surface area contributed by atoms with Gasteiger partial charge in [-0.3, -0.25) is 4.68 Å². The molecule has 1 rings (SSSR count). The summed E-state index contributed by atoms with van der Waals surface area (Å²) in [6, 6.07) is 1.05. The van der Waals surface area contributed by atoms with Gasteiger partial charge in [0.25, 0.3) is 0 Å². The van der Waals surface area contributed by atoms with Crippen molar-refractivity contribution in [3.63, 3.8) is 0 Å². The van der Waals surface area contributed by atoms with E-state index < -0.39 is 12.1 Å². The van der Waals surface area contributed by atoms with E-state index in [1.807, 2.05) is 6.92 Å². The standard InChI is InChI=1S/C8H15N3O2/c1-2-11-7(3-4-10-11)8(13)6(9)5-12/h3-4,6,8,12-13H,2,5,9H2,1H3. The Balaban J connectivity index is 2.81. The zero-order chi connectivity index (χ0) is 9.84. The second-order valence-electron chi connectivity index (χ2n) is 2.86. The van der Waals surface area contributed by atoms with Crippen LogP contribution in [0.5, 0.6) is 0 Å². The lowest BCUT2D eigenvalue weighted by molar-refractivity contribution is 0.102. The average molecular weight is 185 g/mol. The van der Waals surface area contributed by atoms with Gasteiger partial charge in [-0.2, -0.15) is 5.10 Å². The highest BCUT2D eigenvalue weighted by molar-refractivity contribution is 5.06. The monoisotopic (exact) mass is 185 g/mol. The van der Waals surface area contributed by atoms with E-state index in [1.165, 1.54) is 0 Å². The molecule has 0 saturated heterocycles. The SMILES string of the molecule is CCn1nccc1C(O)C(N)CO. The van der Waals surface area contributed by atoms with Crippen LogP contribution in [-0.4, -0.2) is 32.6 Å². The lowest BCUT2D eigenvalue weighted by atomic mass is 10.1. The summed E-state index contributed by atoms with van der Waals surface area (Å²) in [5, 5.41) is 22.4. The van der Waals surface area contributed by atoms with E-state index in [1.54, 1.807) is 16.9 Å². The maximum Gasteiger partial charge on any atom is 0.113 e. The molecule has 1 aromatic rings. The summed E-state index contributed by atoms with van der Waals surface area (Å²) < 4.78 is 1.65. The summed E-state index contributed by atoms with van der Waals surface area (Å²) in [7, 11) is 0. The van der Waals surface area contributed by atoms with E-state index in [-0.39, 0.29) is 6.61 Å². The number of hydrogen-bond acceptors (Lipinski definition) is 4. The first-order valence-corrected chi connectivity index (χ1v) is 4.27. The zero-order valence-corrected chi connectivity index (χ0v) is 7.59. The van der Waals surface area contributed by atoms with Gasteiger partial charge in [0.15, 0.2) is 0 Å². The first-order chi connectivity index (χ1) is 6.20. The summed E-state index contributed by atoms with van der Waals surface area (Å²) in [6.07, 6.45) is 0.749. The molecule has 0 bridgehead atoms. The van der Waals surface area contributed by atoms with Crippen molar-refractivity contribution in [2.24, 2.45) is 5.73 Å². The Morgan fingerprint density at radius 1 is 1.69 bits per heavy atom. The maximum absolute atomic E-state index is 9.64. The van der Waals surface area contributed by atoms with E-state index in [9.17, 15) is 5.11 Å². The molecule has 1 aromatic heterocycles. The third kappa shape index (κ3) is 2.06. The van der Waals surface area contributed by atoms with Crippen molar-refractivity contribution >= 4 is 0 Å². The van der Waals surface area contributed by atoms with Gasteiger partial charge in [0.1, 0.15) is 6.10 Å². The van der Waals surface area contributed by atoms with Crippen molar-refractivity contribution in [1.82, 2.24) is 9.78 Å². The number of aliphatic hydroxyl groups is 2. The molecule has 0 radical (unpaired) electrons. The van der Waals surface area contributed by atoms with Crippen molar-refractivity contribution in [2.75, 3.05) is 6.61 Å². The van der Waals surface area contributed by atoms with E-state index in [4.69, 9.17) is 10.8 Å². The van der Waals surface area contributed by atoms with Gasteiger partial charge in [-0.25, -0.2) is 0 Å². The number of aliphatic hydroxyl groups excluding tert-OH is 2. The smallest absolute Gasteiger partial charge is 0.113 e. The van der Waals surface area contributed by atoms with Gasteiger partial charge in [-0.05, 0) is 13.0 Å². The highest BCUT2D eigenvalue weighted by atomic mass is 16.3. The van der Waals surface area contributed by atoms with Gasteiger partial charge >= 0.3 is 0 Å². The molecule has 0 amide bonds. The van der Waals surface area contributed by atoms with Gasteiger partial charge in [-0.1, -0.05) is 0 Å². The van der Waals surface area contributed by atoms with Crippen LogP contribution in [0.25, 0.3) is 0 Å². The molecule has 5 heteroatoms. The molecule has 0 aliphatic heterocycles. The van der Waals surface area contributed by atoms with Crippen LogP contribution in [0, 0.1) is 0 Å². The second kappa shape index (κ2) is 4.36. The quantitative estimate of drug-likeness (QED) is 0.576. The number of hydrogen-bond donors (Lipinski definition) is 3. The molecule has 5 nitrogen and oxygen atoms in total. The Morgan fingerprint density at radius 3 is 2.92 bits per heavy atom. The van der Waals surface area contributed by atoms with E-state index in [2.05, 4.69) is 5.10 Å². The van der Waals surface area contributed by atoms with Crippen LogP contribution in [-0.2, 0) is 6.54 Å². The van der Waals surface area contributed by atoms with Gasteiger partial charge in [0, 0.05) is 12.7 Å². The molecule has 4 N–H and O–H groups in total. The Hall–Kier alpha value is -0.910. The normalized spacial score (nSPS) is 15.7. The van der Waals surface area contributed by atoms with Gasteiger partial charge in [-0.15, -0.1) is 0 Å². The van der Waals surface area contributed by atoms with Gasteiger partial charge in [0.05, 0.1) is 18.3 Å². The minimum absolute atomic E-state index is 0.240. The number of aromatic nitrogens is 2. The van der Waals surface area contributed by atoms with Crippen LogP contribution in [0.15, 0.2) is 12.3 Å². The lowest BCUT2D eigenvalue weighted by Gasteiger charge is -2.17. The fraction of sp³-hybridized carbons (Fsp3) is 0.625. The molecule has 74 valence electrons. The highest BCUT2D eigenvalue weighted by Gasteiger charge is 2.19. The summed E-state index contributed by atoms with van der Waals surface area (Å²) in [6.45, 7) is 2.36. The number of aryl methyl sites for hydroxylation is 1. The maximum atomic E-state index is 9.64. The molecule has 0 aliphatic carbocycles. The average Bonchev–Trinajstić information content (AvgIpc) is 2.62. The van der Waals surface area contributed by atoms with Crippen LogP contribution in [0.1, 0.15) is 18.7 Å². The van der Waals surface area contributed by atoms with E-state index in [0.717, 1.165) is 0 Å². The van der Waals surface area contributed by atoms with Crippen LogP contribution in [0.4, 0.5) is 0 Å². The Bertz CT molecular complexity index is 262. The predicted octanol–water partition coefficient (Wildman–Crippen LogP) is -0.744. The molecule has 1 heterocycles. The molecule has 13 heavy (non-hydrogen) atoms. The van der Waals surface area contributed by atoms with E-state index in [0.29, 0.717) is 12.2 Å². The number of nitrogens with two attached hydrogens (primary N) is 1. The fourth-order valence-electron chi connectivity index (χ4n) is 1.18. The summed E-state index contributed by atoms with van der Waals surface area (Å²) >= 11 is 0. The van der Waals surface area contributed by atoms with Crippen molar-refractivity contribution in [3.8, 4) is 0 Å². The van der Waals surface area contributed by atoms with Crippen molar-refractivity contribution in [1.29, 1.82) is 0 Å². The largest absolute Gasteiger partial charge is 0.395 e. The van der Waals surface area contributed by atoms with Crippen LogP contribution in [0.3, 0.4) is 0 Å². The second-order valence-corrected chi connectivity index (χ2v) is 2.86. The molecule has 2 unspecified atom stereocenters. The molecule has 2 atom stereocenters. The van der Waals surface area contributed by atoms with Crippen LogP contribution >= 0.6 is 0 Å². The third-order valence-corrected chi connectivity index (χ3v) is 1.97. The summed E-state index contributed by atoms with van der Waals surface area (Å²) in [5.74, 6) is 0. The highest BCUT2D eigenvalue weighted by Crippen LogP contribution is 2.14. The molecule has 0 aliphatic rings. The van der Waals surface area contributed by atoms with Gasteiger partial charge < -0.3 is 15.9 Å². The minimum atomic E-state index is -0.854. The minimum Gasteiger partial charge on any atom is -0.395 e. The fourth-order valence-corrected chi connectivity index (χ4v) is 1.18. The van der Waals surface area contributed by atoms with Crippen LogP contribution in [0.2, 0.25) is 0 Å². The van der Waals surface area contributed by atoms with E-state index >= 15 is 0 Å². The molecular weight excluding hydrogens is 170 g/mol. The Labute approximate surface area is 76.8 Å². The zero-order valence-electron chi connectivity index (χ0n) is 7.59. The van der Waals surface area contributed by atoms with Crippen LogP contribution < -0.4 is 5.73 Å². The third-order valence-electron chi connectivity index (χ3n) is 1.97. The number of rotatable bonds is 4. The first kappa shape index (κ1) is 10.2. The molecule has 0 saturated carbocycles. The Morgan fingerprint density at radius 2 is 2.38 bits per heavy atom. The molecular formula is C8H15N3O2. The summed E-state index contributed by atoms with van der Waals surface area (Å²) in [4.78, 5) is 0.